The summed E-state index contributed by atoms with van der Waals surface area (Å²) in [7, 11) is 1.60. The third kappa shape index (κ3) is 4.12. The van der Waals surface area contributed by atoms with E-state index in [2.05, 4.69) is 20.6 Å². The molecule has 1 aliphatic rings. The first-order chi connectivity index (χ1) is 8.88. The number of anilines is 1. The molecule has 0 spiro atoms. The Balaban J connectivity index is 1.62. The van der Waals surface area contributed by atoms with Crippen LogP contribution >= 0.6 is 0 Å². The van der Waals surface area contributed by atoms with Crippen LogP contribution in [0.3, 0.4) is 0 Å². The number of aromatic nitrogens is 2. The Morgan fingerprint density at radius 3 is 2.72 bits per heavy atom. The number of methoxy groups -OCH3 is 1. The zero-order valence-electron chi connectivity index (χ0n) is 10.7. The van der Waals surface area contributed by atoms with Gasteiger partial charge in [-0.1, -0.05) is 0 Å². The standard InChI is InChI=1S/C12H20N4O2/c1-17-11-8-15-12(16-9-11)14-6-7-18-10-2-4-13-5-3-10/h8-10,13H,2-7H2,1H3,(H,14,15,16). The topological polar surface area (TPSA) is 68.3 Å². The first-order valence-corrected chi connectivity index (χ1v) is 6.30. The van der Waals surface area contributed by atoms with Crippen molar-refractivity contribution in [1.82, 2.24) is 15.3 Å². The predicted molar refractivity (Wildman–Crippen MR) is 68.9 cm³/mol. The third-order valence-electron chi connectivity index (χ3n) is 2.89. The summed E-state index contributed by atoms with van der Waals surface area (Å²) in [5.41, 5.74) is 0. The van der Waals surface area contributed by atoms with Crippen molar-refractivity contribution in [2.75, 3.05) is 38.7 Å². The summed E-state index contributed by atoms with van der Waals surface area (Å²) in [6.07, 6.45) is 5.87. The van der Waals surface area contributed by atoms with Gasteiger partial charge < -0.3 is 20.1 Å². The number of hydrogen-bond donors (Lipinski definition) is 2. The molecule has 2 N–H and O–H groups in total. The number of nitrogens with zero attached hydrogens (tertiary/aromatic N) is 2. The molecule has 6 heteroatoms. The van der Waals surface area contributed by atoms with Crippen LogP contribution in [0.2, 0.25) is 0 Å². The van der Waals surface area contributed by atoms with Crippen LogP contribution in [0.25, 0.3) is 0 Å². The van der Waals surface area contributed by atoms with Crippen molar-refractivity contribution in [2.45, 2.75) is 18.9 Å². The van der Waals surface area contributed by atoms with Crippen molar-refractivity contribution in [1.29, 1.82) is 0 Å². The maximum Gasteiger partial charge on any atom is 0.222 e. The maximum atomic E-state index is 5.77. The summed E-state index contributed by atoms with van der Waals surface area (Å²) in [5.74, 6) is 1.26. The Kier molecular flexibility index (Phi) is 5.16. The molecule has 0 aromatic carbocycles. The minimum absolute atomic E-state index is 0.393. The van der Waals surface area contributed by atoms with Gasteiger partial charge in [-0.15, -0.1) is 0 Å². The second kappa shape index (κ2) is 7.13. The lowest BCUT2D eigenvalue weighted by molar-refractivity contribution is 0.0394. The molecule has 0 bridgehead atoms. The van der Waals surface area contributed by atoms with Crippen LogP contribution in [0.15, 0.2) is 12.4 Å². The van der Waals surface area contributed by atoms with Crippen molar-refractivity contribution < 1.29 is 9.47 Å². The molecule has 0 atom stereocenters. The predicted octanol–water partition coefficient (Wildman–Crippen LogP) is 0.666. The lowest BCUT2D eigenvalue weighted by atomic mass is 10.1. The summed E-state index contributed by atoms with van der Waals surface area (Å²) in [6.45, 7) is 3.51. The van der Waals surface area contributed by atoms with Gasteiger partial charge in [0.1, 0.15) is 0 Å². The van der Waals surface area contributed by atoms with Crippen molar-refractivity contribution >= 4 is 5.95 Å². The van der Waals surface area contributed by atoms with Gasteiger partial charge in [0, 0.05) is 6.54 Å². The summed E-state index contributed by atoms with van der Waals surface area (Å²) < 4.78 is 10.8. The SMILES string of the molecule is COc1cnc(NCCOC2CCNCC2)nc1. The number of nitrogens with one attached hydrogen (secondary N) is 2. The fourth-order valence-electron chi connectivity index (χ4n) is 1.86. The van der Waals surface area contributed by atoms with Crippen molar-refractivity contribution in [3.63, 3.8) is 0 Å². The first-order valence-electron chi connectivity index (χ1n) is 6.30. The Labute approximate surface area is 107 Å². The molecule has 1 aromatic heterocycles. The van der Waals surface area contributed by atoms with Crippen molar-refractivity contribution in [2.24, 2.45) is 0 Å². The number of piperidine rings is 1. The molecular weight excluding hydrogens is 232 g/mol. The highest BCUT2D eigenvalue weighted by atomic mass is 16.5. The normalized spacial score (nSPS) is 16.5. The molecule has 0 amide bonds. The molecule has 6 nitrogen and oxygen atoms in total. The van der Waals surface area contributed by atoms with E-state index in [9.17, 15) is 0 Å². The number of ether oxygens (including phenoxy) is 2. The molecule has 1 aliphatic heterocycles. The van der Waals surface area contributed by atoms with E-state index in [1.54, 1.807) is 19.5 Å². The van der Waals surface area contributed by atoms with Gasteiger partial charge in [0.15, 0.2) is 5.75 Å². The van der Waals surface area contributed by atoms with E-state index in [0.29, 0.717) is 24.4 Å². The molecule has 0 aliphatic carbocycles. The fraction of sp³-hybridized carbons (Fsp3) is 0.667. The molecule has 100 valence electrons. The molecule has 1 fully saturated rings. The van der Waals surface area contributed by atoms with Crippen molar-refractivity contribution in [3.8, 4) is 5.75 Å². The monoisotopic (exact) mass is 252 g/mol. The van der Waals surface area contributed by atoms with Crippen LogP contribution in [0, 0.1) is 0 Å². The van der Waals surface area contributed by atoms with Crippen molar-refractivity contribution in [3.05, 3.63) is 12.4 Å². The van der Waals surface area contributed by atoms with Crippen LogP contribution in [0.5, 0.6) is 5.75 Å². The van der Waals surface area contributed by atoms with Crippen LogP contribution in [-0.2, 0) is 4.74 Å². The number of rotatable bonds is 6. The molecule has 1 aromatic rings. The Bertz CT molecular complexity index is 338. The van der Waals surface area contributed by atoms with Crippen LogP contribution < -0.4 is 15.4 Å². The second-order valence-electron chi connectivity index (χ2n) is 4.19. The van der Waals surface area contributed by atoms with Gasteiger partial charge in [0.05, 0.1) is 32.2 Å². The van der Waals surface area contributed by atoms with Gasteiger partial charge in [-0.2, -0.15) is 0 Å². The molecule has 1 saturated heterocycles. The molecule has 2 rings (SSSR count). The van der Waals surface area contributed by atoms with Gasteiger partial charge in [-0.05, 0) is 25.9 Å². The minimum atomic E-state index is 0.393. The Morgan fingerprint density at radius 2 is 2.06 bits per heavy atom. The Hall–Kier alpha value is -1.40. The Morgan fingerprint density at radius 1 is 1.33 bits per heavy atom. The van der Waals surface area contributed by atoms with E-state index < -0.39 is 0 Å². The van der Waals surface area contributed by atoms with E-state index in [4.69, 9.17) is 9.47 Å². The highest BCUT2D eigenvalue weighted by Gasteiger charge is 2.12. The van der Waals surface area contributed by atoms with E-state index in [1.807, 2.05) is 0 Å². The zero-order valence-corrected chi connectivity index (χ0v) is 10.7. The molecular formula is C12H20N4O2. The van der Waals surface area contributed by atoms with Gasteiger partial charge in [0.25, 0.3) is 0 Å². The lowest BCUT2D eigenvalue weighted by Crippen LogP contribution is -2.33. The van der Waals surface area contributed by atoms with Gasteiger partial charge in [0.2, 0.25) is 5.95 Å². The van der Waals surface area contributed by atoms with Gasteiger partial charge in [-0.3, -0.25) is 0 Å². The van der Waals surface area contributed by atoms with Crippen LogP contribution in [0.1, 0.15) is 12.8 Å². The van der Waals surface area contributed by atoms with Crippen LogP contribution in [-0.4, -0.2) is 49.4 Å². The summed E-state index contributed by atoms with van der Waals surface area (Å²) in [4.78, 5) is 8.24. The number of hydrogen-bond acceptors (Lipinski definition) is 6. The third-order valence-corrected chi connectivity index (χ3v) is 2.89. The minimum Gasteiger partial charge on any atom is -0.494 e. The molecule has 0 unspecified atom stereocenters. The average Bonchev–Trinajstić information content (AvgIpc) is 2.45. The highest BCUT2D eigenvalue weighted by Crippen LogP contribution is 2.08. The quantitative estimate of drug-likeness (QED) is 0.725. The maximum absolute atomic E-state index is 5.77. The lowest BCUT2D eigenvalue weighted by Gasteiger charge is -2.22. The zero-order chi connectivity index (χ0) is 12.6. The van der Waals surface area contributed by atoms with E-state index in [-0.39, 0.29) is 0 Å². The smallest absolute Gasteiger partial charge is 0.222 e. The van der Waals surface area contributed by atoms with E-state index in [0.717, 1.165) is 32.5 Å². The average molecular weight is 252 g/mol. The van der Waals surface area contributed by atoms with E-state index in [1.165, 1.54) is 0 Å². The molecule has 0 saturated carbocycles. The second-order valence-corrected chi connectivity index (χ2v) is 4.19. The van der Waals surface area contributed by atoms with E-state index >= 15 is 0 Å². The first kappa shape index (κ1) is 13.0. The summed E-state index contributed by atoms with van der Waals surface area (Å²) >= 11 is 0. The molecule has 0 radical (unpaired) electrons. The highest BCUT2D eigenvalue weighted by molar-refractivity contribution is 5.26. The van der Waals surface area contributed by atoms with Gasteiger partial charge in [-0.25, -0.2) is 9.97 Å². The molecule has 18 heavy (non-hydrogen) atoms. The summed E-state index contributed by atoms with van der Waals surface area (Å²) in [5, 5.41) is 6.43. The summed E-state index contributed by atoms with van der Waals surface area (Å²) in [6, 6.07) is 0. The molecule has 2 heterocycles. The largest absolute Gasteiger partial charge is 0.494 e. The van der Waals surface area contributed by atoms with Gasteiger partial charge >= 0.3 is 0 Å². The fourth-order valence-corrected chi connectivity index (χ4v) is 1.86. The van der Waals surface area contributed by atoms with Crippen LogP contribution in [0.4, 0.5) is 5.95 Å².